The van der Waals surface area contributed by atoms with Gasteiger partial charge >= 0.3 is 0 Å². The molecule has 0 radical (unpaired) electrons. The van der Waals surface area contributed by atoms with E-state index in [1.54, 1.807) is 11.7 Å². The van der Waals surface area contributed by atoms with Crippen molar-refractivity contribution < 1.29 is 19.0 Å². The minimum absolute atomic E-state index is 0.0104. The Bertz CT molecular complexity index is 933. The highest BCUT2D eigenvalue weighted by Gasteiger charge is 2.46. The molecule has 3 heterocycles. The zero-order valence-corrected chi connectivity index (χ0v) is 15.5. The van der Waals surface area contributed by atoms with Crippen LogP contribution in [0.5, 0.6) is 5.75 Å². The van der Waals surface area contributed by atoms with Crippen LogP contribution in [-0.4, -0.2) is 53.2 Å². The van der Waals surface area contributed by atoms with E-state index in [0.717, 1.165) is 5.56 Å². The predicted molar refractivity (Wildman–Crippen MR) is 101 cm³/mol. The average molecular weight is 387 g/mol. The summed E-state index contributed by atoms with van der Waals surface area (Å²) in [6, 6.07) is 10.6. The van der Waals surface area contributed by atoms with Crippen LogP contribution in [0.4, 0.5) is 4.39 Å². The van der Waals surface area contributed by atoms with Crippen molar-refractivity contribution in [3.05, 3.63) is 64.1 Å². The Hall–Kier alpha value is -2.87. The van der Waals surface area contributed by atoms with Crippen molar-refractivity contribution in [2.45, 2.75) is 31.2 Å². The van der Waals surface area contributed by atoms with Crippen LogP contribution in [0.3, 0.4) is 0 Å². The fraction of sp³-hybridized carbons (Fsp3) is 0.400. The van der Waals surface area contributed by atoms with Gasteiger partial charge in [-0.3, -0.25) is 19.3 Å². The summed E-state index contributed by atoms with van der Waals surface area (Å²) in [7, 11) is 1.66. The smallest absolute Gasteiger partial charge is 0.277 e. The summed E-state index contributed by atoms with van der Waals surface area (Å²) in [5.74, 6) is -0.984. The van der Waals surface area contributed by atoms with Crippen molar-refractivity contribution in [3.63, 3.8) is 0 Å². The molecule has 0 saturated carbocycles. The molecule has 2 aromatic rings. The lowest BCUT2D eigenvalue weighted by atomic mass is 9.91. The van der Waals surface area contributed by atoms with Crippen LogP contribution in [0.15, 0.2) is 47.4 Å². The molecular weight excluding hydrogens is 365 g/mol. The largest absolute Gasteiger partial charge is 0.502 e. The van der Waals surface area contributed by atoms with Gasteiger partial charge in [0.15, 0.2) is 11.4 Å². The third kappa shape index (κ3) is 2.84. The molecular formula is C20H22FN3O4. The second-order valence-electron chi connectivity index (χ2n) is 7.03. The lowest BCUT2D eigenvalue weighted by Crippen LogP contribution is -2.65. The Morgan fingerprint density at radius 2 is 1.93 bits per heavy atom. The summed E-state index contributed by atoms with van der Waals surface area (Å²) in [5, 5.41) is 12.2. The van der Waals surface area contributed by atoms with E-state index in [1.165, 1.54) is 17.2 Å². The van der Waals surface area contributed by atoms with Crippen LogP contribution in [0.1, 0.15) is 34.9 Å². The highest BCUT2D eigenvalue weighted by molar-refractivity contribution is 5.96. The second kappa shape index (κ2) is 7.27. The Kier molecular flexibility index (Phi) is 4.80. The third-order valence-electron chi connectivity index (χ3n) is 5.47. The molecule has 2 aliphatic heterocycles. The van der Waals surface area contributed by atoms with Gasteiger partial charge in [-0.05, 0) is 18.4 Å². The SMILES string of the molecule is CN1C(=O)c2c(O)c(=O)ccn2N2[C@H](c3ccccc3)[C@H](OCCF)CC[C@@H]12. The number of alkyl halides is 1. The molecule has 0 spiro atoms. The van der Waals surface area contributed by atoms with Crippen molar-refractivity contribution in [2.75, 3.05) is 25.3 Å². The van der Waals surface area contributed by atoms with Crippen molar-refractivity contribution in [2.24, 2.45) is 0 Å². The summed E-state index contributed by atoms with van der Waals surface area (Å²) in [6.07, 6.45) is 2.19. The van der Waals surface area contributed by atoms with Crippen LogP contribution < -0.4 is 10.4 Å². The van der Waals surface area contributed by atoms with Gasteiger partial charge < -0.3 is 14.7 Å². The van der Waals surface area contributed by atoms with Crippen molar-refractivity contribution in [1.29, 1.82) is 0 Å². The number of rotatable bonds is 4. The van der Waals surface area contributed by atoms with Crippen LogP contribution >= 0.6 is 0 Å². The molecule has 2 aliphatic rings. The summed E-state index contributed by atoms with van der Waals surface area (Å²) >= 11 is 0. The van der Waals surface area contributed by atoms with E-state index in [9.17, 15) is 19.1 Å². The molecule has 1 saturated heterocycles. The maximum absolute atomic E-state index is 12.8. The third-order valence-corrected chi connectivity index (χ3v) is 5.47. The lowest BCUT2D eigenvalue weighted by Gasteiger charge is -2.53. The van der Waals surface area contributed by atoms with E-state index in [2.05, 4.69) is 0 Å². The highest BCUT2D eigenvalue weighted by atomic mass is 19.1. The van der Waals surface area contributed by atoms with Crippen LogP contribution in [0, 0.1) is 0 Å². The molecule has 4 rings (SSSR count). The lowest BCUT2D eigenvalue weighted by molar-refractivity contribution is -0.0224. The number of pyridine rings is 1. The van der Waals surface area contributed by atoms with Gasteiger partial charge in [0.05, 0.1) is 18.8 Å². The van der Waals surface area contributed by atoms with E-state index < -0.39 is 23.8 Å². The van der Waals surface area contributed by atoms with E-state index in [0.29, 0.717) is 12.8 Å². The average Bonchev–Trinajstić information content (AvgIpc) is 2.72. The molecule has 7 nitrogen and oxygen atoms in total. The monoisotopic (exact) mass is 387 g/mol. The number of aromatic hydroxyl groups is 1. The Morgan fingerprint density at radius 3 is 2.64 bits per heavy atom. The maximum atomic E-state index is 12.8. The van der Waals surface area contributed by atoms with Gasteiger partial charge in [-0.15, -0.1) is 0 Å². The van der Waals surface area contributed by atoms with Crippen molar-refractivity contribution in [1.82, 2.24) is 9.58 Å². The first kappa shape index (κ1) is 18.5. The number of ether oxygens (including phenoxy) is 1. The maximum Gasteiger partial charge on any atom is 0.277 e. The molecule has 8 heteroatoms. The fourth-order valence-electron chi connectivity index (χ4n) is 4.21. The number of hydrogen-bond donors (Lipinski definition) is 1. The number of benzene rings is 1. The van der Waals surface area contributed by atoms with E-state index in [1.807, 2.05) is 35.3 Å². The molecule has 28 heavy (non-hydrogen) atoms. The minimum Gasteiger partial charge on any atom is -0.502 e. The Balaban J connectivity index is 1.89. The predicted octanol–water partition coefficient (Wildman–Crippen LogP) is 1.79. The number of fused-ring (bicyclic) bond motifs is 3. The van der Waals surface area contributed by atoms with Gasteiger partial charge in [0, 0.05) is 19.3 Å². The summed E-state index contributed by atoms with van der Waals surface area (Å²) in [4.78, 5) is 26.3. The minimum atomic E-state index is -0.607. The molecule has 0 aliphatic carbocycles. The molecule has 1 amide bonds. The Labute approximate surface area is 161 Å². The van der Waals surface area contributed by atoms with Gasteiger partial charge in [-0.1, -0.05) is 30.3 Å². The molecule has 1 N–H and O–H groups in total. The summed E-state index contributed by atoms with van der Waals surface area (Å²) < 4.78 is 20.2. The zero-order chi connectivity index (χ0) is 19.8. The van der Waals surface area contributed by atoms with Crippen molar-refractivity contribution >= 4 is 5.91 Å². The number of hydrogen-bond acceptors (Lipinski definition) is 5. The Morgan fingerprint density at radius 1 is 1.18 bits per heavy atom. The van der Waals surface area contributed by atoms with Crippen LogP contribution in [-0.2, 0) is 4.74 Å². The number of piperidine rings is 1. The van der Waals surface area contributed by atoms with E-state index in [4.69, 9.17) is 4.74 Å². The van der Waals surface area contributed by atoms with E-state index in [-0.39, 0.29) is 30.6 Å². The standard InChI is InChI=1S/C20H22FN3O4/c1-22-16-8-7-15(28-12-10-21)17(13-5-3-2-4-6-13)24(16)23-11-9-14(25)19(26)18(23)20(22)27/h2-6,9,11,15-17,26H,7-8,10,12H2,1H3/t15-,16+,17-/m1/s1. The number of aromatic nitrogens is 1. The van der Waals surface area contributed by atoms with Crippen LogP contribution in [0.25, 0.3) is 0 Å². The normalized spacial score (nSPS) is 24.1. The quantitative estimate of drug-likeness (QED) is 0.866. The molecule has 1 aromatic heterocycles. The molecule has 148 valence electrons. The van der Waals surface area contributed by atoms with Gasteiger partial charge in [0.2, 0.25) is 5.43 Å². The van der Waals surface area contributed by atoms with Gasteiger partial charge in [0.1, 0.15) is 12.8 Å². The first-order chi connectivity index (χ1) is 13.5. The van der Waals surface area contributed by atoms with Gasteiger partial charge in [-0.25, -0.2) is 4.39 Å². The fourth-order valence-corrected chi connectivity index (χ4v) is 4.21. The summed E-state index contributed by atoms with van der Waals surface area (Å²) in [5.41, 5.74) is 0.270. The van der Waals surface area contributed by atoms with Gasteiger partial charge in [0.25, 0.3) is 5.91 Å². The first-order valence-electron chi connectivity index (χ1n) is 9.27. The molecule has 1 fully saturated rings. The molecule has 1 aromatic carbocycles. The topological polar surface area (TPSA) is 75.0 Å². The number of amides is 1. The second-order valence-corrected chi connectivity index (χ2v) is 7.03. The number of carbonyl (C=O) groups is 1. The summed E-state index contributed by atoms with van der Waals surface area (Å²) in [6.45, 7) is -0.590. The molecule has 0 unspecified atom stereocenters. The van der Waals surface area contributed by atoms with Gasteiger partial charge in [-0.2, -0.15) is 0 Å². The number of nitrogens with zero attached hydrogens (tertiary/aromatic N) is 3. The van der Waals surface area contributed by atoms with Crippen molar-refractivity contribution in [3.8, 4) is 5.75 Å². The number of halogens is 1. The molecule has 0 bridgehead atoms. The molecule has 3 atom stereocenters. The zero-order valence-electron chi connectivity index (χ0n) is 15.5. The highest BCUT2D eigenvalue weighted by Crippen LogP contribution is 2.39. The van der Waals surface area contributed by atoms with Crippen LogP contribution in [0.2, 0.25) is 0 Å². The first-order valence-corrected chi connectivity index (χ1v) is 9.27. The number of carbonyl (C=O) groups excluding carboxylic acids is 1. The van der Waals surface area contributed by atoms with E-state index >= 15 is 0 Å².